The number of ether oxygens (including phenoxy) is 2. The molecule has 0 aromatic carbocycles. The number of hydrogen-bond donors (Lipinski definition) is 1. The zero-order valence-corrected chi connectivity index (χ0v) is 8.37. The summed E-state index contributed by atoms with van der Waals surface area (Å²) >= 11 is 0. The topological polar surface area (TPSA) is 38.7 Å². The molecule has 0 unspecified atom stereocenters. The van der Waals surface area contributed by atoms with Crippen LogP contribution in [0.4, 0.5) is 0 Å². The summed E-state index contributed by atoms with van der Waals surface area (Å²) in [4.78, 5) is 0. The van der Waals surface area contributed by atoms with Crippen molar-refractivity contribution in [1.82, 2.24) is 0 Å². The molecule has 78 valence electrons. The Morgan fingerprint density at radius 3 is 2.69 bits per heavy atom. The minimum Gasteiger partial charge on any atom is -0.392 e. The number of hydrogen-bond acceptors (Lipinski definition) is 3. The van der Waals surface area contributed by atoms with Crippen LogP contribution in [0.5, 0.6) is 0 Å². The first-order chi connectivity index (χ1) is 6.41. The van der Waals surface area contributed by atoms with Crippen molar-refractivity contribution in [3.8, 4) is 0 Å². The van der Waals surface area contributed by atoms with Gasteiger partial charge in [0.15, 0.2) is 0 Å². The molecule has 0 aromatic heterocycles. The van der Waals surface area contributed by atoms with Crippen molar-refractivity contribution in [3.63, 3.8) is 0 Å². The van der Waals surface area contributed by atoms with E-state index >= 15 is 0 Å². The van der Waals surface area contributed by atoms with E-state index in [4.69, 9.17) is 14.6 Å². The van der Waals surface area contributed by atoms with E-state index in [9.17, 15) is 0 Å². The van der Waals surface area contributed by atoms with Gasteiger partial charge in [0.2, 0.25) is 0 Å². The van der Waals surface area contributed by atoms with E-state index in [1.54, 1.807) is 12.2 Å². The molecule has 0 fully saturated rings. The summed E-state index contributed by atoms with van der Waals surface area (Å²) in [6, 6.07) is 0. The molecule has 0 heterocycles. The van der Waals surface area contributed by atoms with Gasteiger partial charge in [-0.1, -0.05) is 31.9 Å². The lowest BCUT2D eigenvalue weighted by molar-refractivity contribution is -0.0448. The Labute approximate surface area is 80.4 Å². The van der Waals surface area contributed by atoms with Crippen LogP contribution in [-0.4, -0.2) is 31.7 Å². The van der Waals surface area contributed by atoms with Gasteiger partial charge in [-0.05, 0) is 6.42 Å². The van der Waals surface area contributed by atoms with Gasteiger partial charge in [-0.2, -0.15) is 0 Å². The third-order valence-electron chi connectivity index (χ3n) is 1.55. The smallest absolute Gasteiger partial charge is 0.147 e. The Bertz CT molecular complexity index is 113. The zero-order chi connectivity index (χ0) is 9.78. The minimum absolute atomic E-state index is 0.0702. The summed E-state index contributed by atoms with van der Waals surface area (Å²) < 4.78 is 10.3. The van der Waals surface area contributed by atoms with Crippen molar-refractivity contribution < 1.29 is 14.6 Å². The monoisotopic (exact) mass is 188 g/mol. The van der Waals surface area contributed by atoms with Crippen LogP contribution in [0, 0.1) is 0 Å². The number of unbranched alkanes of at least 4 members (excludes halogenated alkanes) is 2. The second-order valence-electron chi connectivity index (χ2n) is 2.76. The Balaban J connectivity index is 2.87. The third kappa shape index (κ3) is 11.6. The minimum atomic E-state index is 0.0702. The highest BCUT2D eigenvalue weighted by Gasteiger charge is 1.87. The predicted octanol–water partition coefficient (Wildman–Crippen LogP) is 1.72. The lowest BCUT2D eigenvalue weighted by atomic mass is 10.3. The van der Waals surface area contributed by atoms with E-state index in [-0.39, 0.29) is 6.61 Å². The molecule has 0 atom stereocenters. The van der Waals surface area contributed by atoms with Crippen molar-refractivity contribution in [2.45, 2.75) is 26.2 Å². The Kier molecular flexibility index (Phi) is 11.3. The summed E-state index contributed by atoms with van der Waals surface area (Å²) in [5.74, 6) is 0. The third-order valence-corrected chi connectivity index (χ3v) is 1.55. The van der Waals surface area contributed by atoms with Crippen LogP contribution >= 0.6 is 0 Å². The normalized spacial score (nSPS) is 11.2. The van der Waals surface area contributed by atoms with Gasteiger partial charge in [-0.15, -0.1) is 0 Å². The maximum atomic E-state index is 8.39. The SMILES string of the molecule is CCCCCOCOCC=CCO. The highest BCUT2D eigenvalue weighted by atomic mass is 16.7. The van der Waals surface area contributed by atoms with Crippen molar-refractivity contribution in [3.05, 3.63) is 12.2 Å². The largest absolute Gasteiger partial charge is 0.392 e. The average Bonchev–Trinajstić information content (AvgIpc) is 2.16. The molecule has 3 nitrogen and oxygen atoms in total. The fraction of sp³-hybridized carbons (Fsp3) is 0.800. The van der Waals surface area contributed by atoms with Gasteiger partial charge in [-0.3, -0.25) is 0 Å². The molecule has 0 aliphatic heterocycles. The van der Waals surface area contributed by atoms with Crippen LogP contribution in [0.25, 0.3) is 0 Å². The van der Waals surface area contributed by atoms with Gasteiger partial charge in [0, 0.05) is 6.61 Å². The molecule has 13 heavy (non-hydrogen) atoms. The molecule has 0 aliphatic carbocycles. The van der Waals surface area contributed by atoms with Crippen molar-refractivity contribution in [2.24, 2.45) is 0 Å². The standard InChI is InChI=1S/C10H20O3/c1-2-3-5-8-12-10-13-9-6-4-7-11/h4,6,11H,2-3,5,7-10H2,1H3. The van der Waals surface area contributed by atoms with Gasteiger partial charge < -0.3 is 14.6 Å². The molecule has 0 spiro atoms. The Morgan fingerprint density at radius 1 is 1.15 bits per heavy atom. The van der Waals surface area contributed by atoms with Gasteiger partial charge in [-0.25, -0.2) is 0 Å². The van der Waals surface area contributed by atoms with Crippen molar-refractivity contribution in [2.75, 3.05) is 26.6 Å². The maximum absolute atomic E-state index is 8.39. The molecule has 0 saturated heterocycles. The van der Waals surface area contributed by atoms with Crippen LogP contribution in [0.1, 0.15) is 26.2 Å². The lowest BCUT2D eigenvalue weighted by Crippen LogP contribution is -2.01. The molecular formula is C10H20O3. The van der Waals surface area contributed by atoms with Crippen LogP contribution in [0.15, 0.2) is 12.2 Å². The number of rotatable bonds is 9. The highest BCUT2D eigenvalue weighted by molar-refractivity contribution is 4.79. The van der Waals surface area contributed by atoms with Crippen LogP contribution in [0.2, 0.25) is 0 Å². The molecule has 3 heteroatoms. The molecule has 0 saturated carbocycles. The summed E-state index contributed by atoms with van der Waals surface area (Å²) in [5.41, 5.74) is 0. The maximum Gasteiger partial charge on any atom is 0.147 e. The number of aliphatic hydroxyl groups is 1. The molecule has 1 N–H and O–H groups in total. The van der Waals surface area contributed by atoms with Crippen LogP contribution in [-0.2, 0) is 9.47 Å². The highest BCUT2D eigenvalue weighted by Crippen LogP contribution is 1.93. The van der Waals surface area contributed by atoms with Gasteiger partial charge in [0.05, 0.1) is 13.2 Å². The fourth-order valence-electron chi connectivity index (χ4n) is 0.831. The molecule has 0 aromatic rings. The van der Waals surface area contributed by atoms with E-state index in [0.717, 1.165) is 13.0 Å². The molecule has 0 aliphatic rings. The van der Waals surface area contributed by atoms with Crippen molar-refractivity contribution in [1.29, 1.82) is 0 Å². The first-order valence-electron chi connectivity index (χ1n) is 4.83. The Hall–Kier alpha value is -0.380. The molecule has 0 bridgehead atoms. The van der Waals surface area contributed by atoms with E-state index in [2.05, 4.69) is 6.92 Å². The fourth-order valence-corrected chi connectivity index (χ4v) is 0.831. The van der Waals surface area contributed by atoms with E-state index in [1.807, 2.05) is 0 Å². The quantitative estimate of drug-likeness (QED) is 0.340. The van der Waals surface area contributed by atoms with E-state index < -0.39 is 0 Å². The summed E-state index contributed by atoms with van der Waals surface area (Å²) in [6.45, 7) is 3.86. The molecule has 0 rings (SSSR count). The second-order valence-corrected chi connectivity index (χ2v) is 2.76. The summed E-state index contributed by atoms with van der Waals surface area (Å²) in [5, 5.41) is 8.39. The van der Waals surface area contributed by atoms with Crippen LogP contribution < -0.4 is 0 Å². The van der Waals surface area contributed by atoms with Gasteiger partial charge >= 0.3 is 0 Å². The first kappa shape index (κ1) is 12.6. The van der Waals surface area contributed by atoms with Gasteiger partial charge in [0.1, 0.15) is 6.79 Å². The zero-order valence-electron chi connectivity index (χ0n) is 8.37. The van der Waals surface area contributed by atoms with Gasteiger partial charge in [0.25, 0.3) is 0 Å². The van der Waals surface area contributed by atoms with Crippen LogP contribution in [0.3, 0.4) is 0 Å². The predicted molar refractivity (Wildman–Crippen MR) is 52.5 cm³/mol. The van der Waals surface area contributed by atoms with Crippen molar-refractivity contribution >= 4 is 0 Å². The Morgan fingerprint density at radius 2 is 2.00 bits per heavy atom. The van der Waals surface area contributed by atoms with E-state index in [1.165, 1.54) is 12.8 Å². The number of aliphatic hydroxyl groups excluding tert-OH is 1. The first-order valence-corrected chi connectivity index (χ1v) is 4.83. The molecule has 0 radical (unpaired) electrons. The van der Waals surface area contributed by atoms with E-state index in [0.29, 0.717) is 13.4 Å². The summed E-state index contributed by atoms with van der Waals surface area (Å²) in [7, 11) is 0. The second kappa shape index (κ2) is 11.6. The summed E-state index contributed by atoms with van der Waals surface area (Å²) in [6.07, 6.45) is 6.95. The lowest BCUT2D eigenvalue weighted by Gasteiger charge is -2.02. The molecular weight excluding hydrogens is 168 g/mol. The molecule has 0 amide bonds. The average molecular weight is 188 g/mol.